The summed E-state index contributed by atoms with van der Waals surface area (Å²) in [5.74, 6) is 2.71. The summed E-state index contributed by atoms with van der Waals surface area (Å²) in [7, 11) is 0. The molecule has 0 aromatic heterocycles. The highest BCUT2D eigenvalue weighted by Crippen LogP contribution is 2.68. The van der Waals surface area contributed by atoms with Crippen molar-refractivity contribution in [1.29, 1.82) is 0 Å². The SMILES string of the molecule is CC(C=O)[C@H]1CC[C@H]2[C@@H]3CCC4CC(C=O)C=C[C@]4(C)[C@H]3C(C=O)C[C@]12C. The fourth-order valence-electron chi connectivity index (χ4n) is 8.33. The van der Waals surface area contributed by atoms with Crippen molar-refractivity contribution >= 4 is 18.9 Å². The molecular weight excluding hydrogens is 336 g/mol. The quantitative estimate of drug-likeness (QED) is 0.541. The van der Waals surface area contributed by atoms with Crippen molar-refractivity contribution < 1.29 is 14.4 Å². The van der Waals surface area contributed by atoms with E-state index in [9.17, 15) is 14.4 Å². The monoisotopic (exact) mass is 370 g/mol. The lowest BCUT2D eigenvalue weighted by molar-refractivity contribution is -0.142. The summed E-state index contributed by atoms with van der Waals surface area (Å²) in [5.41, 5.74) is 0.143. The Balaban J connectivity index is 1.71. The highest BCUT2D eigenvalue weighted by molar-refractivity contribution is 5.59. The summed E-state index contributed by atoms with van der Waals surface area (Å²) in [6.45, 7) is 6.79. The van der Waals surface area contributed by atoms with E-state index in [0.29, 0.717) is 29.6 Å². The summed E-state index contributed by atoms with van der Waals surface area (Å²) >= 11 is 0. The maximum absolute atomic E-state index is 12.3. The minimum absolute atomic E-state index is 0.0314. The van der Waals surface area contributed by atoms with E-state index < -0.39 is 0 Å². The van der Waals surface area contributed by atoms with Crippen molar-refractivity contribution in [3.05, 3.63) is 12.2 Å². The summed E-state index contributed by atoms with van der Waals surface area (Å²) in [4.78, 5) is 35.1. The Hall–Kier alpha value is -1.25. The zero-order valence-electron chi connectivity index (χ0n) is 17.0. The predicted octanol–water partition coefficient (Wildman–Crippen LogP) is 4.50. The third-order valence-corrected chi connectivity index (χ3v) is 9.50. The van der Waals surface area contributed by atoms with Crippen molar-refractivity contribution in [2.45, 2.75) is 59.3 Å². The molecule has 0 N–H and O–H groups in total. The van der Waals surface area contributed by atoms with E-state index in [4.69, 9.17) is 0 Å². The van der Waals surface area contributed by atoms with E-state index in [1.807, 2.05) is 0 Å². The first-order chi connectivity index (χ1) is 12.9. The Labute approximate surface area is 163 Å². The van der Waals surface area contributed by atoms with E-state index in [0.717, 1.165) is 31.8 Å². The Kier molecular flexibility index (Phi) is 4.71. The van der Waals surface area contributed by atoms with Gasteiger partial charge in [0.2, 0.25) is 0 Å². The molecule has 4 aliphatic rings. The van der Waals surface area contributed by atoms with Gasteiger partial charge < -0.3 is 14.4 Å². The molecule has 0 amide bonds. The topological polar surface area (TPSA) is 51.2 Å². The third kappa shape index (κ3) is 2.63. The molecule has 0 aromatic carbocycles. The molecular formula is C24H34O3. The van der Waals surface area contributed by atoms with Gasteiger partial charge in [-0.25, -0.2) is 0 Å². The van der Waals surface area contributed by atoms with Gasteiger partial charge in [0, 0.05) is 17.8 Å². The van der Waals surface area contributed by atoms with Crippen LogP contribution in [-0.4, -0.2) is 18.9 Å². The second-order valence-electron chi connectivity index (χ2n) is 10.5. The Morgan fingerprint density at radius 3 is 2.48 bits per heavy atom. The van der Waals surface area contributed by atoms with Crippen molar-refractivity contribution in [2.24, 2.45) is 58.2 Å². The first-order valence-corrected chi connectivity index (χ1v) is 10.9. The molecule has 0 aliphatic heterocycles. The van der Waals surface area contributed by atoms with Gasteiger partial charge in [0.25, 0.3) is 0 Å². The van der Waals surface area contributed by atoms with Crippen LogP contribution in [0.1, 0.15) is 59.3 Å². The first-order valence-electron chi connectivity index (χ1n) is 10.9. The number of allylic oxidation sites excluding steroid dienone is 2. The van der Waals surface area contributed by atoms with Crippen LogP contribution in [-0.2, 0) is 14.4 Å². The fourth-order valence-corrected chi connectivity index (χ4v) is 8.33. The van der Waals surface area contributed by atoms with Gasteiger partial charge in [-0.1, -0.05) is 32.9 Å². The molecule has 27 heavy (non-hydrogen) atoms. The van der Waals surface area contributed by atoms with E-state index in [1.54, 1.807) is 0 Å². The molecule has 4 rings (SSSR count). The zero-order chi connectivity index (χ0) is 19.4. The van der Waals surface area contributed by atoms with Gasteiger partial charge in [0.15, 0.2) is 0 Å². The summed E-state index contributed by atoms with van der Waals surface area (Å²) < 4.78 is 0. The maximum Gasteiger partial charge on any atom is 0.126 e. The number of fused-ring (bicyclic) bond motifs is 5. The highest BCUT2D eigenvalue weighted by atomic mass is 16.1. The molecule has 0 spiro atoms. The van der Waals surface area contributed by atoms with Crippen LogP contribution >= 0.6 is 0 Å². The molecule has 0 aromatic rings. The van der Waals surface area contributed by atoms with Crippen LogP contribution < -0.4 is 0 Å². The van der Waals surface area contributed by atoms with Crippen LogP contribution in [0.4, 0.5) is 0 Å². The lowest BCUT2D eigenvalue weighted by Crippen LogP contribution is -2.56. The molecule has 0 bridgehead atoms. The Morgan fingerprint density at radius 1 is 1.04 bits per heavy atom. The van der Waals surface area contributed by atoms with Crippen molar-refractivity contribution in [1.82, 2.24) is 0 Å². The molecule has 3 heteroatoms. The average Bonchev–Trinajstić information content (AvgIpc) is 3.02. The second-order valence-corrected chi connectivity index (χ2v) is 10.5. The molecule has 10 atom stereocenters. The molecule has 148 valence electrons. The fraction of sp³-hybridized carbons (Fsp3) is 0.792. The zero-order valence-corrected chi connectivity index (χ0v) is 17.0. The molecule has 4 aliphatic carbocycles. The molecule has 3 nitrogen and oxygen atoms in total. The minimum atomic E-state index is 0.0314. The third-order valence-electron chi connectivity index (χ3n) is 9.50. The molecule has 3 fully saturated rings. The van der Waals surface area contributed by atoms with Crippen LogP contribution in [0.5, 0.6) is 0 Å². The summed E-state index contributed by atoms with van der Waals surface area (Å²) in [5, 5.41) is 0. The highest BCUT2D eigenvalue weighted by Gasteiger charge is 2.62. The first kappa shape index (κ1) is 19.1. The average molecular weight is 371 g/mol. The summed E-state index contributed by atoms with van der Waals surface area (Å²) in [6.07, 6.45) is 14.4. The molecule has 0 saturated heterocycles. The van der Waals surface area contributed by atoms with E-state index in [-0.39, 0.29) is 28.6 Å². The standard InChI is InChI=1S/C24H34O3/c1-15(12-25)20-6-7-21-19-5-4-18-10-16(13-26)8-9-23(18,2)22(19)17(14-27)11-24(20,21)3/h8-9,12-22H,4-7,10-11H2,1-3H3/t15?,16?,17?,18?,19-,20+,21-,22-,23-,24+/m0/s1. The smallest absolute Gasteiger partial charge is 0.126 e. The number of rotatable bonds is 4. The number of carbonyl (C=O) groups excluding carboxylic acids is 3. The van der Waals surface area contributed by atoms with E-state index >= 15 is 0 Å². The predicted molar refractivity (Wildman–Crippen MR) is 105 cm³/mol. The van der Waals surface area contributed by atoms with Gasteiger partial charge in [-0.15, -0.1) is 0 Å². The van der Waals surface area contributed by atoms with Gasteiger partial charge in [-0.05, 0) is 78.9 Å². The minimum Gasteiger partial charge on any atom is -0.303 e. The molecule has 4 unspecified atom stereocenters. The Morgan fingerprint density at radius 2 is 1.81 bits per heavy atom. The molecule has 3 saturated carbocycles. The van der Waals surface area contributed by atoms with Gasteiger partial charge in [-0.2, -0.15) is 0 Å². The number of hydrogen-bond donors (Lipinski definition) is 0. The number of carbonyl (C=O) groups is 3. The number of aldehydes is 3. The normalized spacial score (nSPS) is 52.2. The molecule has 0 heterocycles. The van der Waals surface area contributed by atoms with Crippen LogP contribution in [0.15, 0.2) is 12.2 Å². The van der Waals surface area contributed by atoms with Gasteiger partial charge in [0.05, 0.1) is 0 Å². The van der Waals surface area contributed by atoms with Crippen molar-refractivity contribution in [3.8, 4) is 0 Å². The maximum atomic E-state index is 12.3. The van der Waals surface area contributed by atoms with Crippen molar-refractivity contribution in [3.63, 3.8) is 0 Å². The van der Waals surface area contributed by atoms with E-state index in [2.05, 4.69) is 32.9 Å². The van der Waals surface area contributed by atoms with Crippen molar-refractivity contribution in [2.75, 3.05) is 0 Å². The van der Waals surface area contributed by atoms with Crippen LogP contribution in [0, 0.1) is 58.2 Å². The van der Waals surface area contributed by atoms with Crippen LogP contribution in [0.2, 0.25) is 0 Å². The second kappa shape index (κ2) is 6.67. The summed E-state index contributed by atoms with van der Waals surface area (Å²) in [6, 6.07) is 0. The lowest BCUT2D eigenvalue weighted by atomic mass is 9.43. The largest absolute Gasteiger partial charge is 0.303 e. The van der Waals surface area contributed by atoms with Gasteiger partial charge >= 0.3 is 0 Å². The molecule has 0 radical (unpaired) electrons. The van der Waals surface area contributed by atoms with Crippen LogP contribution in [0.25, 0.3) is 0 Å². The lowest BCUT2D eigenvalue weighted by Gasteiger charge is -2.61. The van der Waals surface area contributed by atoms with E-state index in [1.165, 1.54) is 25.5 Å². The number of hydrogen-bond acceptors (Lipinski definition) is 3. The van der Waals surface area contributed by atoms with Crippen LogP contribution in [0.3, 0.4) is 0 Å². The van der Waals surface area contributed by atoms with Gasteiger partial charge in [0.1, 0.15) is 18.9 Å². The Bertz CT molecular complexity index is 654. The van der Waals surface area contributed by atoms with Gasteiger partial charge in [-0.3, -0.25) is 0 Å².